The van der Waals surface area contributed by atoms with Crippen LogP contribution in [0.4, 0.5) is 4.79 Å². The highest BCUT2D eigenvalue weighted by Gasteiger charge is 2.27. The minimum Gasteiger partial charge on any atom is -0.479 e. The normalized spacial score (nSPS) is 16.9. The number of halogens is 1. The Kier molecular flexibility index (Phi) is 5.07. The molecule has 2 atom stereocenters. The number of carbonyl (C=O) groups is 2. The molecule has 0 spiro atoms. The van der Waals surface area contributed by atoms with Crippen LogP contribution in [-0.2, 0) is 4.79 Å². The summed E-state index contributed by atoms with van der Waals surface area (Å²) in [5.74, 6) is -0.452. The molecule has 1 aromatic rings. The number of rotatable bonds is 6. The van der Waals surface area contributed by atoms with Crippen molar-refractivity contribution in [2.45, 2.75) is 38.3 Å². The fourth-order valence-electron chi connectivity index (χ4n) is 2.29. The highest BCUT2D eigenvalue weighted by atomic mass is 35.5. The largest absolute Gasteiger partial charge is 0.479 e. The SMILES string of the molecule is CC(CC1CC1)NC(=O)N[C@@H](C(=O)O)c1ccccc1Cl. The number of carbonyl (C=O) groups excluding carboxylic acids is 1. The van der Waals surface area contributed by atoms with Crippen molar-refractivity contribution in [2.24, 2.45) is 5.92 Å². The van der Waals surface area contributed by atoms with Crippen LogP contribution in [-0.4, -0.2) is 23.1 Å². The van der Waals surface area contributed by atoms with E-state index in [9.17, 15) is 14.7 Å². The predicted octanol–water partition coefficient (Wildman–Crippen LogP) is 2.95. The van der Waals surface area contributed by atoms with Crippen molar-refractivity contribution < 1.29 is 14.7 Å². The molecule has 1 aromatic carbocycles. The first kappa shape index (κ1) is 15.6. The fourth-order valence-corrected chi connectivity index (χ4v) is 2.54. The molecule has 0 heterocycles. The lowest BCUT2D eigenvalue weighted by molar-refractivity contribution is -0.139. The number of urea groups is 1. The zero-order chi connectivity index (χ0) is 15.4. The van der Waals surface area contributed by atoms with Gasteiger partial charge in [-0.2, -0.15) is 0 Å². The van der Waals surface area contributed by atoms with Crippen molar-refractivity contribution in [1.82, 2.24) is 10.6 Å². The lowest BCUT2D eigenvalue weighted by Gasteiger charge is -2.19. The summed E-state index contributed by atoms with van der Waals surface area (Å²) in [5.41, 5.74) is 0.372. The molecule has 1 unspecified atom stereocenters. The molecule has 114 valence electrons. The van der Waals surface area contributed by atoms with Crippen molar-refractivity contribution in [3.63, 3.8) is 0 Å². The van der Waals surface area contributed by atoms with Crippen molar-refractivity contribution >= 4 is 23.6 Å². The Morgan fingerprint density at radius 3 is 2.57 bits per heavy atom. The molecule has 0 bridgehead atoms. The molecule has 1 aliphatic carbocycles. The van der Waals surface area contributed by atoms with Crippen LogP contribution in [0.15, 0.2) is 24.3 Å². The molecule has 0 radical (unpaired) electrons. The van der Waals surface area contributed by atoms with Gasteiger partial charge in [0.2, 0.25) is 0 Å². The average Bonchev–Trinajstić information content (AvgIpc) is 3.20. The summed E-state index contributed by atoms with van der Waals surface area (Å²) in [6.07, 6.45) is 3.35. The van der Waals surface area contributed by atoms with Gasteiger partial charge in [-0.25, -0.2) is 9.59 Å². The Labute approximate surface area is 128 Å². The Bertz CT molecular complexity index is 531. The summed E-state index contributed by atoms with van der Waals surface area (Å²) in [5, 5.41) is 14.8. The number of carboxylic acids is 1. The Hall–Kier alpha value is -1.75. The zero-order valence-electron chi connectivity index (χ0n) is 11.8. The third-order valence-corrected chi connectivity index (χ3v) is 3.84. The highest BCUT2D eigenvalue weighted by Crippen LogP contribution is 2.33. The minimum absolute atomic E-state index is 0.0261. The van der Waals surface area contributed by atoms with E-state index in [2.05, 4.69) is 10.6 Å². The second kappa shape index (κ2) is 6.80. The Balaban J connectivity index is 1.97. The molecule has 2 rings (SSSR count). The van der Waals surface area contributed by atoms with Crippen molar-refractivity contribution in [1.29, 1.82) is 0 Å². The summed E-state index contributed by atoms with van der Waals surface area (Å²) in [6.45, 7) is 1.92. The van der Waals surface area contributed by atoms with Gasteiger partial charge in [-0.3, -0.25) is 0 Å². The summed E-state index contributed by atoms with van der Waals surface area (Å²) < 4.78 is 0. The van der Waals surface area contributed by atoms with Gasteiger partial charge in [-0.05, 0) is 25.3 Å². The van der Waals surface area contributed by atoms with E-state index in [1.807, 2.05) is 6.92 Å². The molecule has 2 amide bonds. The molecule has 0 aromatic heterocycles. The fraction of sp³-hybridized carbons (Fsp3) is 0.467. The van der Waals surface area contributed by atoms with Crippen molar-refractivity contribution in [3.8, 4) is 0 Å². The molecule has 1 aliphatic rings. The number of hydrogen-bond acceptors (Lipinski definition) is 2. The number of carboxylic acid groups (broad SMARTS) is 1. The monoisotopic (exact) mass is 310 g/mol. The van der Waals surface area contributed by atoms with E-state index >= 15 is 0 Å². The molecule has 3 N–H and O–H groups in total. The van der Waals surface area contributed by atoms with Gasteiger partial charge >= 0.3 is 12.0 Å². The first-order valence-electron chi connectivity index (χ1n) is 7.01. The smallest absolute Gasteiger partial charge is 0.331 e. The van der Waals surface area contributed by atoms with Crippen molar-refractivity contribution in [3.05, 3.63) is 34.9 Å². The van der Waals surface area contributed by atoms with E-state index in [0.717, 1.165) is 6.42 Å². The first-order valence-corrected chi connectivity index (χ1v) is 7.39. The molecule has 6 heteroatoms. The van der Waals surface area contributed by atoms with Gasteiger partial charge in [-0.1, -0.05) is 42.6 Å². The van der Waals surface area contributed by atoms with Gasteiger partial charge in [0.05, 0.1) is 0 Å². The molecular formula is C15H19ClN2O3. The summed E-state index contributed by atoms with van der Waals surface area (Å²) in [4.78, 5) is 23.3. The van der Waals surface area contributed by atoms with Gasteiger partial charge < -0.3 is 15.7 Å². The Morgan fingerprint density at radius 1 is 1.33 bits per heavy atom. The van der Waals surface area contributed by atoms with Crippen LogP contribution in [0, 0.1) is 5.92 Å². The quantitative estimate of drug-likeness (QED) is 0.756. The van der Waals surface area contributed by atoms with Crippen LogP contribution in [0.1, 0.15) is 37.8 Å². The lowest BCUT2D eigenvalue weighted by Crippen LogP contribution is -2.44. The third-order valence-electron chi connectivity index (χ3n) is 3.50. The second-order valence-electron chi connectivity index (χ2n) is 5.49. The van der Waals surface area contributed by atoms with Gasteiger partial charge in [0.25, 0.3) is 0 Å². The maximum Gasteiger partial charge on any atom is 0.331 e. The standard InChI is InChI=1S/C15H19ClN2O3/c1-9(8-10-6-7-10)17-15(21)18-13(14(19)20)11-4-2-3-5-12(11)16/h2-5,9-10,13H,6-8H2,1H3,(H,19,20)(H2,17,18,21)/t9?,13-/m1/s1. The van der Waals surface area contributed by atoms with Crippen LogP contribution in [0.2, 0.25) is 5.02 Å². The molecule has 0 aliphatic heterocycles. The molecule has 0 saturated heterocycles. The lowest BCUT2D eigenvalue weighted by atomic mass is 10.1. The molecule has 21 heavy (non-hydrogen) atoms. The third kappa shape index (κ3) is 4.63. The number of aliphatic carboxylic acids is 1. The van der Waals surface area contributed by atoms with Gasteiger partial charge in [0, 0.05) is 16.6 Å². The van der Waals surface area contributed by atoms with E-state index in [0.29, 0.717) is 16.5 Å². The van der Waals surface area contributed by atoms with Crippen LogP contribution in [0.3, 0.4) is 0 Å². The van der Waals surface area contributed by atoms with Gasteiger partial charge in [0.15, 0.2) is 6.04 Å². The molecule has 5 nitrogen and oxygen atoms in total. The summed E-state index contributed by atoms with van der Waals surface area (Å²) in [7, 11) is 0. The maximum absolute atomic E-state index is 11.9. The van der Waals surface area contributed by atoms with E-state index in [-0.39, 0.29) is 6.04 Å². The van der Waals surface area contributed by atoms with Gasteiger partial charge in [0.1, 0.15) is 0 Å². The van der Waals surface area contributed by atoms with Crippen LogP contribution in [0.5, 0.6) is 0 Å². The van der Waals surface area contributed by atoms with Crippen LogP contribution < -0.4 is 10.6 Å². The maximum atomic E-state index is 11.9. The number of nitrogens with one attached hydrogen (secondary N) is 2. The molecular weight excluding hydrogens is 292 g/mol. The molecule has 1 fully saturated rings. The van der Waals surface area contributed by atoms with Crippen LogP contribution in [0.25, 0.3) is 0 Å². The first-order chi connectivity index (χ1) is 9.97. The van der Waals surface area contributed by atoms with E-state index in [1.165, 1.54) is 12.8 Å². The van der Waals surface area contributed by atoms with E-state index < -0.39 is 18.0 Å². The van der Waals surface area contributed by atoms with Crippen LogP contribution >= 0.6 is 11.6 Å². The predicted molar refractivity (Wildman–Crippen MR) is 80.3 cm³/mol. The topological polar surface area (TPSA) is 78.4 Å². The van der Waals surface area contributed by atoms with E-state index in [4.69, 9.17) is 11.6 Å². The average molecular weight is 311 g/mol. The molecule has 1 saturated carbocycles. The van der Waals surface area contributed by atoms with E-state index in [1.54, 1.807) is 24.3 Å². The number of hydrogen-bond donors (Lipinski definition) is 3. The number of amides is 2. The Morgan fingerprint density at radius 2 is 2.00 bits per heavy atom. The zero-order valence-corrected chi connectivity index (χ0v) is 12.6. The highest BCUT2D eigenvalue weighted by molar-refractivity contribution is 6.31. The minimum atomic E-state index is -1.16. The summed E-state index contributed by atoms with van der Waals surface area (Å²) >= 11 is 5.99. The number of benzene rings is 1. The summed E-state index contributed by atoms with van der Waals surface area (Å²) in [6, 6.07) is 4.96. The van der Waals surface area contributed by atoms with Gasteiger partial charge in [-0.15, -0.1) is 0 Å². The second-order valence-corrected chi connectivity index (χ2v) is 5.90. The van der Waals surface area contributed by atoms with Crippen molar-refractivity contribution in [2.75, 3.05) is 0 Å².